The van der Waals surface area contributed by atoms with Crippen molar-refractivity contribution in [2.24, 2.45) is 5.73 Å². The van der Waals surface area contributed by atoms with Gasteiger partial charge in [0.05, 0.1) is 10.4 Å². The van der Waals surface area contributed by atoms with Crippen molar-refractivity contribution in [3.05, 3.63) is 27.5 Å². The third kappa shape index (κ3) is 1.68. The van der Waals surface area contributed by atoms with Gasteiger partial charge in [0.1, 0.15) is 6.10 Å². The van der Waals surface area contributed by atoms with Crippen molar-refractivity contribution in [1.82, 2.24) is 4.37 Å². The third-order valence-corrected chi connectivity index (χ3v) is 3.46. The summed E-state index contributed by atoms with van der Waals surface area (Å²) in [5.74, 6) is 0. The summed E-state index contributed by atoms with van der Waals surface area (Å²) in [6, 6.07) is 5.80. The number of nitrogens with zero attached hydrogens (tertiary/aromatic N) is 1. The van der Waals surface area contributed by atoms with Gasteiger partial charge in [0, 0.05) is 16.4 Å². The Bertz CT molecular complexity index is 457. The molecule has 0 aliphatic rings. The second-order valence-corrected chi connectivity index (χ2v) is 4.68. The first-order valence-electron chi connectivity index (χ1n) is 4.15. The van der Waals surface area contributed by atoms with Crippen molar-refractivity contribution in [3.8, 4) is 0 Å². The molecule has 0 radical (unpaired) electrons. The SMILES string of the molecule is NCC(O)c1snc2ccc(Br)cc12. The van der Waals surface area contributed by atoms with E-state index in [0.29, 0.717) is 0 Å². The lowest BCUT2D eigenvalue weighted by Crippen LogP contribution is -2.10. The van der Waals surface area contributed by atoms with Gasteiger partial charge in [-0.25, -0.2) is 0 Å². The first-order valence-corrected chi connectivity index (χ1v) is 5.72. The van der Waals surface area contributed by atoms with Gasteiger partial charge >= 0.3 is 0 Å². The minimum absolute atomic E-state index is 0.226. The van der Waals surface area contributed by atoms with Crippen LogP contribution >= 0.6 is 27.5 Å². The van der Waals surface area contributed by atoms with E-state index in [4.69, 9.17) is 5.73 Å². The van der Waals surface area contributed by atoms with E-state index >= 15 is 0 Å². The zero-order valence-electron chi connectivity index (χ0n) is 7.27. The molecule has 0 aliphatic heterocycles. The van der Waals surface area contributed by atoms with Crippen LogP contribution in [0.3, 0.4) is 0 Å². The van der Waals surface area contributed by atoms with Crippen LogP contribution in [0.15, 0.2) is 22.7 Å². The van der Waals surface area contributed by atoms with Crippen molar-refractivity contribution >= 4 is 38.4 Å². The zero-order chi connectivity index (χ0) is 10.1. The highest BCUT2D eigenvalue weighted by Crippen LogP contribution is 2.29. The molecule has 0 fully saturated rings. The monoisotopic (exact) mass is 272 g/mol. The minimum Gasteiger partial charge on any atom is -0.386 e. The Labute approximate surface area is 93.8 Å². The maximum Gasteiger partial charge on any atom is 0.103 e. The summed E-state index contributed by atoms with van der Waals surface area (Å²) in [6.07, 6.45) is -0.612. The number of rotatable bonds is 2. The molecule has 0 spiro atoms. The van der Waals surface area contributed by atoms with Crippen LogP contribution in [-0.2, 0) is 0 Å². The van der Waals surface area contributed by atoms with E-state index in [1.807, 2.05) is 18.2 Å². The summed E-state index contributed by atoms with van der Waals surface area (Å²) < 4.78 is 5.22. The van der Waals surface area contributed by atoms with Gasteiger partial charge in [0.25, 0.3) is 0 Å². The number of aromatic nitrogens is 1. The van der Waals surface area contributed by atoms with E-state index in [9.17, 15) is 5.11 Å². The van der Waals surface area contributed by atoms with Crippen LogP contribution in [0.25, 0.3) is 10.9 Å². The van der Waals surface area contributed by atoms with E-state index in [1.54, 1.807) is 0 Å². The molecular weight excluding hydrogens is 264 g/mol. The Morgan fingerprint density at radius 1 is 1.57 bits per heavy atom. The van der Waals surface area contributed by atoms with Crippen LogP contribution < -0.4 is 5.73 Å². The van der Waals surface area contributed by atoms with Crippen LogP contribution in [0.2, 0.25) is 0 Å². The Hall–Kier alpha value is -0.490. The predicted octanol–water partition coefficient (Wildman–Crippen LogP) is 2.05. The van der Waals surface area contributed by atoms with Gasteiger partial charge in [-0.1, -0.05) is 15.9 Å². The third-order valence-electron chi connectivity index (χ3n) is 1.99. The number of aliphatic hydroxyl groups excluding tert-OH is 1. The fourth-order valence-corrected chi connectivity index (χ4v) is 2.48. The zero-order valence-corrected chi connectivity index (χ0v) is 9.68. The molecule has 5 heteroatoms. The van der Waals surface area contributed by atoms with Crippen LogP contribution in [-0.4, -0.2) is 16.0 Å². The standard InChI is InChI=1S/C9H9BrN2OS/c10-5-1-2-7-6(3-5)9(14-12-7)8(13)4-11/h1-3,8,13H,4,11H2. The highest BCUT2D eigenvalue weighted by Gasteiger charge is 2.13. The second-order valence-electron chi connectivity index (χ2n) is 2.96. The molecule has 1 unspecified atom stereocenters. The topological polar surface area (TPSA) is 59.1 Å². The molecule has 3 N–H and O–H groups in total. The van der Waals surface area contributed by atoms with Crippen LogP contribution in [0.5, 0.6) is 0 Å². The van der Waals surface area contributed by atoms with Gasteiger partial charge in [0.15, 0.2) is 0 Å². The Kier molecular flexibility index (Phi) is 2.83. The smallest absolute Gasteiger partial charge is 0.103 e. The molecule has 0 bridgehead atoms. The van der Waals surface area contributed by atoms with Crippen LogP contribution in [0.1, 0.15) is 11.0 Å². The van der Waals surface area contributed by atoms with Crippen molar-refractivity contribution in [2.75, 3.05) is 6.54 Å². The lowest BCUT2D eigenvalue weighted by molar-refractivity contribution is 0.192. The lowest BCUT2D eigenvalue weighted by atomic mass is 10.2. The van der Waals surface area contributed by atoms with Gasteiger partial charge in [-0.05, 0) is 29.7 Å². The molecule has 0 saturated carbocycles. The Morgan fingerprint density at radius 3 is 3.07 bits per heavy atom. The molecule has 74 valence electrons. The fraction of sp³-hybridized carbons (Fsp3) is 0.222. The van der Waals surface area contributed by atoms with E-state index in [0.717, 1.165) is 20.3 Å². The largest absolute Gasteiger partial charge is 0.386 e. The first kappa shape index (κ1) is 10.0. The van der Waals surface area contributed by atoms with Gasteiger partial charge in [0.2, 0.25) is 0 Å². The fourth-order valence-electron chi connectivity index (χ4n) is 1.28. The van der Waals surface area contributed by atoms with Crippen molar-refractivity contribution < 1.29 is 5.11 Å². The average Bonchev–Trinajstić information content (AvgIpc) is 2.59. The summed E-state index contributed by atoms with van der Waals surface area (Å²) >= 11 is 4.69. The molecule has 14 heavy (non-hydrogen) atoms. The molecule has 1 aromatic carbocycles. The molecule has 2 rings (SSSR count). The molecular formula is C9H9BrN2OS. The second kappa shape index (κ2) is 3.94. The number of hydrogen-bond acceptors (Lipinski definition) is 4. The number of hydrogen-bond donors (Lipinski definition) is 2. The minimum atomic E-state index is -0.612. The van der Waals surface area contributed by atoms with Gasteiger partial charge in [-0.15, -0.1) is 0 Å². The maximum atomic E-state index is 9.64. The van der Waals surface area contributed by atoms with Crippen LogP contribution in [0.4, 0.5) is 0 Å². The maximum absolute atomic E-state index is 9.64. The van der Waals surface area contributed by atoms with Crippen molar-refractivity contribution in [3.63, 3.8) is 0 Å². The number of benzene rings is 1. The summed E-state index contributed by atoms with van der Waals surface area (Å²) in [5.41, 5.74) is 6.31. The van der Waals surface area contributed by atoms with E-state index in [2.05, 4.69) is 20.3 Å². The first-order chi connectivity index (χ1) is 6.72. The predicted molar refractivity (Wildman–Crippen MR) is 61.3 cm³/mol. The molecule has 1 heterocycles. The number of aliphatic hydroxyl groups is 1. The molecule has 1 aromatic heterocycles. The lowest BCUT2D eigenvalue weighted by Gasteiger charge is -2.03. The Morgan fingerprint density at radius 2 is 2.36 bits per heavy atom. The summed E-state index contributed by atoms with van der Waals surface area (Å²) in [4.78, 5) is 0.837. The van der Waals surface area contributed by atoms with Gasteiger partial charge in [-0.2, -0.15) is 4.37 Å². The molecule has 1 atom stereocenters. The van der Waals surface area contributed by atoms with Crippen LogP contribution in [0, 0.1) is 0 Å². The van der Waals surface area contributed by atoms with E-state index < -0.39 is 6.10 Å². The van der Waals surface area contributed by atoms with Gasteiger partial charge < -0.3 is 10.8 Å². The average molecular weight is 273 g/mol. The van der Waals surface area contributed by atoms with E-state index in [1.165, 1.54) is 11.5 Å². The molecule has 3 nitrogen and oxygen atoms in total. The molecule has 2 aromatic rings. The summed E-state index contributed by atoms with van der Waals surface area (Å²) in [5, 5.41) is 10.6. The molecule has 0 amide bonds. The number of nitrogens with two attached hydrogens (primary N) is 1. The molecule has 0 aliphatic carbocycles. The van der Waals surface area contributed by atoms with Crippen molar-refractivity contribution in [2.45, 2.75) is 6.10 Å². The summed E-state index contributed by atoms with van der Waals surface area (Å²) in [7, 11) is 0. The number of fused-ring (bicyclic) bond motifs is 1. The van der Waals surface area contributed by atoms with E-state index in [-0.39, 0.29) is 6.54 Å². The highest BCUT2D eigenvalue weighted by molar-refractivity contribution is 9.10. The Balaban J connectivity index is 2.61. The summed E-state index contributed by atoms with van der Waals surface area (Å²) in [6.45, 7) is 0.226. The quantitative estimate of drug-likeness (QED) is 0.880. The highest BCUT2D eigenvalue weighted by atomic mass is 79.9. The molecule has 0 saturated heterocycles. The van der Waals surface area contributed by atoms with Crippen molar-refractivity contribution in [1.29, 1.82) is 0 Å². The number of halogens is 1. The van der Waals surface area contributed by atoms with Gasteiger partial charge in [-0.3, -0.25) is 0 Å². The normalized spacial score (nSPS) is 13.4.